The van der Waals surface area contributed by atoms with E-state index in [1.54, 1.807) is 0 Å². The van der Waals surface area contributed by atoms with Gasteiger partial charge < -0.3 is 24.7 Å². The maximum Gasteiger partial charge on any atom is 1.00 e. The molecule has 0 aliphatic rings. The molecule has 0 aromatic rings. The van der Waals surface area contributed by atoms with Crippen LogP contribution in [0.5, 0.6) is 0 Å². The Balaban J connectivity index is -0.0000000267. The smallest absolute Gasteiger partial charge is 0.870 e. The van der Waals surface area contributed by atoms with Crippen molar-refractivity contribution in [3.63, 3.8) is 0 Å². The number of rotatable bonds is 0. The fraction of sp³-hybridized carbons (Fsp3) is 0. The Labute approximate surface area is 67.0 Å². The molecule has 0 unspecified atom stereocenters. The SMILES string of the molecule is O=P([O-])([O-])[O-].[Cu+].[Cu+].[OH-]. The monoisotopic (exact) mass is 238 g/mol. The van der Waals surface area contributed by atoms with Crippen molar-refractivity contribution in [3.8, 4) is 0 Å². The van der Waals surface area contributed by atoms with Gasteiger partial charge in [0.05, 0.1) is 0 Å². The Morgan fingerprint density at radius 2 is 1.00 bits per heavy atom. The van der Waals surface area contributed by atoms with Gasteiger partial charge in [-0.15, -0.1) is 0 Å². The Kier molecular flexibility index (Phi) is 23.3. The Hall–Kier alpha value is 1.11. The second kappa shape index (κ2) is 8.11. The Morgan fingerprint density at radius 3 is 1.00 bits per heavy atom. The average molecular weight is 239 g/mol. The van der Waals surface area contributed by atoms with Crippen molar-refractivity contribution in [1.29, 1.82) is 0 Å². The molecular formula is HCu2O5P-2. The van der Waals surface area contributed by atoms with Gasteiger partial charge in [0.1, 0.15) is 0 Å². The van der Waals surface area contributed by atoms with Gasteiger partial charge in [-0.2, -0.15) is 7.82 Å². The van der Waals surface area contributed by atoms with Crippen LogP contribution in [0.4, 0.5) is 0 Å². The molecule has 0 radical (unpaired) electrons. The summed E-state index contributed by atoms with van der Waals surface area (Å²) >= 11 is 0. The second-order valence-corrected chi connectivity index (χ2v) is 1.34. The van der Waals surface area contributed by atoms with Gasteiger partial charge in [-0.05, 0) is 0 Å². The van der Waals surface area contributed by atoms with Gasteiger partial charge in [-0.3, -0.25) is 0 Å². The van der Waals surface area contributed by atoms with E-state index in [-0.39, 0.29) is 39.6 Å². The van der Waals surface area contributed by atoms with Crippen LogP contribution in [-0.4, -0.2) is 5.48 Å². The summed E-state index contributed by atoms with van der Waals surface area (Å²) < 4.78 is 8.55. The summed E-state index contributed by atoms with van der Waals surface area (Å²) in [5, 5.41) is 0. The van der Waals surface area contributed by atoms with Crippen LogP contribution in [0.1, 0.15) is 0 Å². The van der Waals surface area contributed by atoms with Crippen molar-refractivity contribution in [2.24, 2.45) is 0 Å². The molecule has 8 heavy (non-hydrogen) atoms. The molecule has 60 valence electrons. The molecule has 0 atom stereocenters. The zero-order chi connectivity index (χ0) is 4.50. The first kappa shape index (κ1) is 22.9. The van der Waals surface area contributed by atoms with E-state index in [0.29, 0.717) is 0 Å². The quantitative estimate of drug-likeness (QED) is 0.329. The van der Waals surface area contributed by atoms with Crippen molar-refractivity contribution in [2.75, 3.05) is 0 Å². The van der Waals surface area contributed by atoms with Crippen LogP contribution in [-0.2, 0) is 38.7 Å². The van der Waals surface area contributed by atoms with E-state index in [1.165, 1.54) is 0 Å². The second-order valence-electron chi connectivity index (χ2n) is 0.447. The maximum atomic E-state index is 8.55. The molecule has 0 aliphatic heterocycles. The number of phosphoric acid groups is 1. The van der Waals surface area contributed by atoms with Crippen LogP contribution in [0.25, 0.3) is 0 Å². The van der Waals surface area contributed by atoms with Crippen LogP contribution in [0, 0.1) is 0 Å². The third-order valence-corrected chi connectivity index (χ3v) is 0. The standard InChI is InChI=1S/2Cu.H3O4P.H2O/c;;1-5(2,3)4;/h;;(H3,1,2,3,4);1H2/q2*+1;;/p-4. The number of hydrogen-bond donors (Lipinski definition) is 0. The fourth-order valence-electron chi connectivity index (χ4n) is 0. The molecular weight excluding hydrogens is 238 g/mol. The van der Waals surface area contributed by atoms with Crippen LogP contribution in [0.2, 0.25) is 0 Å². The van der Waals surface area contributed by atoms with Gasteiger partial charge in [0.15, 0.2) is 0 Å². The molecule has 1 N–H and O–H groups in total. The summed E-state index contributed by atoms with van der Waals surface area (Å²) in [4.78, 5) is 25.6. The molecule has 0 heterocycles. The minimum absolute atomic E-state index is 0. The first-order valence-electron chi connectivity index (χ1n) is 0.730. The van der Waals surface area contributed by atoms with Gasteiger partial charge >= 0.3 is 34.1 Å². The van der Waals surface area contributed by atoms with E-state index in [1.807, 2.05) is 0 Å². The summed E-state index contributed by atoms with van der Waals surface area (Å²) in [6.45, 7) is 0. The molecule has 0 aromatic heterocycles. The van der Waals surface area contributed by atoms with Crippen molar-refractivity contribution in [2.45, 2.75) is 0 Å². The third kappa shape index (κ3) is 216. The van der Waals surface area contributed by atoms with Crippen LogP contribution in [0.3, 0.4) is 0 Å². The van der Waals surface area contributed by atoms with Crippen molar-refractivity contribution < 1.29 is 58.9 Å². The van der Waals surface area contributed by atoms with Crippen molar-refractivity contribution in [3.05, 3.63) is 0 Å². The first-order valence-corrected chi connectivity index (χ1v) is 2.19. The third-order valence-electron chi connectivity index (χ3n) is 0. The molecule has 5 nitrogen and oxygen atoms in total. The Morgan fingerprint density at radius 1 is 1.00 bits per heavy atom. The Bertz CT molecular complexity index is 56.6. The van der Waals surface area contributed by atoms with Crippen LogP contribution in [0.15, 0.2) is 0 Å². The summed E-state index contributed by atoms with van der Waals surface area (Å²) in [6, 6.07) is 0. The normalized spacial score (nSPS) is 7.38. The molecule has 0 amide bonds. The van der Waals surface area contributed by atoms with E-state index in [9.17, 15) is 0 Å². The largest absolute Gasteiger partial charge is 1.00 e. The van der Waals surface area contributed by atoms with Gasteiger partial charge in [-0.25, -0.2) is 0 Å². The van der Waals surface area contributed by atoms with E-state index >= 15 is 0 Å². The molecule has 8 heteroatoms. The molecule has 0 rings (SSSR count). The molecule has 0 saturated carbocycles. The summed E-state index contributed by atoms with van der Waals surface area (Å²) in [5.41, 5.74) is 0. The maximum absolute atomic E-state index is 8.55. The zero-order valence-corrected chi connectivity index (χ0v) is 5.91. The molecule has 0 saturated heterocycles. The van der Waals surface area contributed by atoms with Gasteiger partial charge in [0.2, 0.25) is 0 Å². The van der Waals surface area contributed by atoms with E-state index in [0.717, 1.165) is 0 Å². The summed E-state index contributed by atoms with van der Waals surface area (Å²) in [6.07, 6.45) is 0. The number of hydrogen-bond acceptors (Lipinski definition) is 5. The van der Waals surface area contributed by atoms with Gasteiger partial charge in [0, 0.05) is 0 Å². The van der Waals surface area contributed by atoms with Gasteiger partial charge in [0.25, 0.3) is 0 Å². The van der Waals surface area contributed by atoms with E-state index < -0.39 is 7.82 Å². The van der Waals surface area contributed by atoms with Gasteiger partial charge in [-0.1, -0.05) is 0 Å². The topological polar surface area (TPSA) is 116 Å². The predicted octanol–water partition coefficient (Wildman–Crippen LogP) is -3.01. The molecule has 0 spiro atoms. The van der Waals surface area contributed by atoms with Crippen LogP contribution >= 0.6 is 7.82 Å². The minimum atomic E-state index is -5.39. The molecule has 0 aliphatic carbocycles. The molecule has 0 bridgehead atoms. The fourth-order valence-corrected chi connectivity index (χ4v) is 0. The molecule has 0 aromatic carbocycles. The molecule has 0 fully saturated rings. The summed E-state index contributed by atoms with van der Waals surface area (Å²) in [5.74, 6) is 0. The van der Waals surface area contributed by atoms with E-state index in [4.69, 9.17) is 19.2 Å². The van der Waals surface area contributed by atoms with Crippen LogP contribution < -0.4 is 14.7 Å². The zero-order valence-electron chi connectivity index (χ0n) is 3.13. The predicted molar refractivity (Wildman–Crippen MR) is 9.54 cm³/mol. The van der Waals surface area contributed by atoms with Crippen molar-refractivity contribution >= 4 is 7.82 Å². The summed E-state index contributed by atoms with van der Waals surface area (Å²) in [7, 11) is -5.39. The first-order chi connectivity index (χ1) is 2.00. The van der Waals surface area contributed by atoms with E-state index in [2.05, 4.69) is 0 Å². The average Bonchev–Trinajstić information content (AvgIpc) is 0.722. The van der Waals surface area contributed by atoms with Crippen molar-refractivity contribution in [1.82, 2.24) is 0 Å². The minimum Gasteiger partial charge on any atom is -0.870 e.